The van der Waals surface area contributed by atoms with Gasteiger partial charge in [0.05, 0.1) is 39.1 Å². The van der Waals surface area contributed by atoms with Crippen LogP contribution in [0.25, 0.3) is 10.9 Å². The number of nitrogens with zero attached hydrogens (tertiary/aromatic N) is 5. The van der Waals surface area contributed by atoms with Crippen LogP contribution in [0.5, 0.6) is 28.9 Å². The third kappa shape index (κ3) is 6.14. The summed E-state index contributed by atoms with van der Waals surface area (Å²) in [5.74, 6) is 0.571. The summed E-state index contributed by atoms with van der Waals surface area (Å²) in [6.45, 7) is -0.203. The number of hydrogen-bond donors (Lipinski definition) is 1. The van der Waals surface area contributed by atoms with Gasteiger partial charge in [-0.3, -0.25) is 14.5 Å². The van der Waals surface area contributed by atoms with E-state index in [9.17, 15) is 18.0 Å². The van der Waals surface area contributed by atoms with E-state index in [1.165, 1.54) is 37.2 Å². The zero-order valence-corrected chi connectivity index (χ0v) is 21.3. The first-order chi connectivity index (χ1) is 19.2. The number of pyridine rings is 1. The van der Waals surface area contributed by atoms with Crippen molar-refractivity contribution in [3.05, 3.63) is 48.4 Å². The summed E-state index contributed by atoms with van der Waals surface area (Å²) in [4.78, 5) is 17.2. The number of alkyl halides is 3. The summed E-state index contributed by atoms with van der Waals surface area (Å²) in [6.07, 6.45) is -1.78. The zero-order chi connectivity index (χ0) is 28.3. The predicted octanol–water partition coefficient (Wildman–Crippen LogP) is 3.87. The number of carbonyl (C=O) groups is 1. The monoisotopic (exact) mass is 560 g/mol. The molecule has 1 N–H and O–H groups in total. The molecule has 40 heavy (non-hydrogen) atoms. The van der Waals surface area contributed by atoms with Gasteiger partial charge in [0.25, 0.3) is 5.91 Å². The van der Waals surface area contributed by atoms with Crippen LogP contribution in [0.2, 0.25) is 0 Å². The minimum absolute atomic E-state index is 0.0204. The summed E-state index contributed by atoms with van der Waals surface area (Å²) >= 11 is 0. The number of rotatable bonds is 10. The quantitative estimate of drug-likeness (QED) is 0.305. The molecule has 4 aromatic rings. The smallest absolute Gasteiger partial charge is 0.422 e. The number of methoxy groups -OCH3 is 2. The van der Waals surface area contributed by atoms with E-state index in [-0.39, 0.29) is 29.1 Å². The highest BCUT2D eigenvalue weighted by Crippen LogP contribution is 2.36. The fraction of sp³-hybridized carbons (Fsp3) is 0.320. The first-order valence-corrected chi connectivity index (χ1v) is 11.9. The molecule has 15 heteroatoms. The molecule has 3 aromatic heterocycles. The fourth-order valence-electron chi connectivity index (χ4n) is 3.84. The predicted molar refractivity (Wildman–Crippen MR) is 133 cm³/mol. The van der Waals surface area contributed by atoms with Crippen molar-refractivity contribution in [2.75, 3.05) is 39.4 Å². The first-order valence-electron chi connectivity index (χ1n) is 11.9. The van der Waals surface area contributed by atoms with Gasteiger partial charge in [0, 0.05) is 36.2 Å². The van der Waals surface area contributed by atoms with Gasteiger partial charge < -0.3 is 29.0 Å². The Labute approximate surface area is 225 Å². The van der Waals surface area contributed by atoms with Gasteiger partial charge in [0.15, 0.2) is 35.4 Å². The maximum Gasteiger partial charge on any atom is 0.422 e. The number of hydrogen-bond acceptors (Lipinski definition) is 10. The van der Waals surface area contributed by atoms with Gasteiger partial charge in [0.1, 0.15) is 5.75 Å². The highest BCUT2D eigenvalue weighted by molar-refractivity contribution is 6.04. The highest BCUT2D eigenvalue weighted by Gasteiger charge is 2.31. The molecule has 210 valence electrons. The summed E-state index contributed by atoms with van der Waals surface area (Å²) in [7, 11) is 3.03. The van der Waals surface area contributed by atoms with Gasteiger partial charge in [-0.1, -0.05) is 0 Å². The summed E-state index contributed by atoms with van der Waals surface area (Å²) < 4.78 is 66.1. The van der Waals surface area contributed by atoms with Gasteiger partial charge in [-0.15, -0.1) is 10.2 Å². The molecular formula is C25H23F3N6O6. The molecule has 1 amide bonds. The molecule has 0 saturated carbocycles. The van der Waals surface area contributed by atoms with Gasteiger partial charge in [-0.25, -0.2) is 0 Å². The normalized spacial score (nSPS) is 13.5. The summed E-state index contributed by atoms with van der Waals surface area (Å²) in [6, 6.07) is 7.95. The van der Waals surface area contributed by atoms with Crippen LogP contribution in [0.3, 0.4) is 0 Å². The Morgan fingerprint density at radius 3 is 2.50 bits per heavy atom. The van der Waals surface area contributed by atoms with Crippen molar-refractivity contribution in [3.63, 3.8) is 0 Å². The van der Waals surface area contributed by atoms with Crippen molar-refractivity contribution in [1.82, 2.24) is 25.0 Å². The van der Waals surface area contributed by atoms with Gasteiger partial charge in [-0.05, 0) is 18.2 Å². The van der Waals surface area contributed by atoms with Crippen molar-refractivity contribution < 1.29 is 41.7 Å². The van der Waals surface area contributed by atoms with E-state index in [0.29, 0.717) is 47.9 Å². The largest absolute Gasteiger partial charge is 0.493 e. The van der Waals surface area contributed by atoms with E-state index in [4.69, 9.17) is 23.7 Å². The SMILES string of the molecule is COc1cc2nccc(Oc3ccc(NC(=O)c4nn(CC5COC5)cc4OCC(F)(F)F)nn3)c2cc1OC. The minimum atomic E-state index is -4.59. The highest BCUT2D eigenvalue weighted by atomic mass is 19.4. The second kappa shape index (κ2) is 11.2. The molecular weight excluding hydrogens is 537 g/mol. The lowest BCUT2D eigenvalue weighted by atomic mass is 10.1. The Kier molecular flexibility index (Phi) is 7.55. The van der Waals surface area contributed by atoms with Gasteiger partial charge in [0.2, 0.25) is 5.88 Å². The van der Waals surface area contributed by atoms with Crippen molar-refractivity contribution in [3.8, 4) is 28.9 Å². The van der Waals surface area contributed by atoms with Crippen molar-refractivity contribution in [2.24, 2.45) is 5.92 Å². The third-order valence-electron chi connectivity index (χ3n) is 5.79. The minimum Gasteiger partial charge on any atom is -0.493 e. The molecule has 0 spiro atoms. The van der Waals surface area contributed by atoms with Crippen LogP contribution in [0.4, 0.5) is 19.0 Å². The maximum atomic E-state index is 12.9. The third-order valence-corrected chi connectivity index (χ3v) is 5.79. The standard InChI is InChI=1S/C25H23F3N6O6/c1-36-18-7-15-16(8-19(18)37-2)29-6-5-17(15)40-22-4-3-21(31-32-22)30-24(35)23-20(39-13-25(26,27)28)10-34(33-23)9-14-11-38-12-14/h3-8,10,14H,9,11-13H2,1-2H3,(H,30,31,35). The molecule has 0 atom stereocenters. The number of benzene rings is 1. The lowest BCUT2D eigenvalue weighted by Gasteiger charge is -2.25. The summed E-state index contributed by atoms with van der Waals surface area (Å²) in [5.41, 5.74) is 0.277. The number of nitrogens with one attached hydrogen (secondary N) is 1. The zero-order valence-electron chi connectivity index (χ0n) is 21.3. The molecule has 5 rings (SSSR count). The molecule has 0 radical (unpaired) electrons. The topological polar surface area (TPSA) is 132 Å². The van der Waals surface area contributed by atoms with E-state index in [1.54, 1.807) is 24.4 Å². The second-order valence-corrected chi connectivity index (χ2v) is 8.72. The second-order valence-electron chi connectivity index (χ2n) is 8.72. The van der Waals surface area contributed by atoms with Crippen LogP contribution < -0.4 is 24.3 Å². The number of anilines is 1. The van der Waals surface area contributed by atoms with E-state index >= 15 is 0 Å². The maximum absolute atomic E-state index is 12.9. The Morgan fingerprint density at radius 2 is 1.85 bits per heavy atom. The van der Waals surface area contributed by atoms with Crippen molar-refractivity contribution >= 4 is 22.6 Å². The van der Waals surface area contributed by atoms with Crippen LogP contribution >= 0.6 is 0 Å². The Bertz CT molecular complexity index is 1510. The Hall–Kier alpha value is -4.66. The van der Waals surface area contributed by atoms with Gasteiger partial charge in [-0.2, -0.15) is 18.3 Å². The molecule has 4 heterocycles. The van der Waals surface area contributed by atoms with Crippen LogP contribution in [0.15, 0.2) is 42.7 Å². The molecule has 0 unspecified atom stereocenters. The molecule has 1 fully saturated rings. The molecule has 1 aliphatic heterocycles. The van der Waals surface area contributed by atoms with E-state index in [0.717, 1.165) is 0 Å². The number of amides is 1. The summed E-state index contributed by atoms with van der Waals surface area (Å²) in [5, 5.41) is 15.1. The number of carbonyl (C=O) groups excluding carboxylic acids is 1. The fourth-order valence-corrected chi connectivity index (χ4v) is 3.84. The first kappa shape index (κ1) is 26.9. The molecule has 1 saturated heterocycles. The van der Waals surface area contributed by atoms with Crippen molar-refractivity contribution in [1.29, 1.82) is 0 Å². The van der Waals surface area contributed by atoms with Gasteiger partial charge >= 0.3 is 6.18 Å². The number of aromatic nitrogens is 5. The molecule has 1 aliphatic rings. The van der Waals surface area contributed by atoms with E-state index in [1.807, 2.05) is 0 Å². The molecule has 12 nitrogen and oxygen atoms in total. The average Bonchev–Trinajstić information content (AvgIpc) is 3.33. The Balaban J connectivity index is 1.31. The van der Waals surface area contributed by atoms with Crippen LogP contribution in [0.1, 0.15) is 10.5 Å². The van der Waals surface area contributed by atoms with E-state index < -0.39 is 18.7 Å². The van der Waals surface area contributed by atoms with Crippen LogP contribution in [-0.2, 0) is 11.3 Å². The van der Waals surface area contributed by atoms with E-state index in [2.05, 4.69) is 25.6 Å². The molecule has 1 aromatic carbocycles. The molecule has 0 bridgehead atoms. The number of ether oxygens (including phenoxy) is 5. The molecule has 0 aliphatic carbocycles. The Morgan fingerprint density at radius 1 is 1.07 bits per heavy atom. The lowest BCUT2D eigenvalue weighted by molar-refractivity contribution is -0.153. The van der Waals surface area contributed by atoms with Crippen LogP contribution in [-0.4, -0.2) is 71.1 Å². The van der Waals surface area contributed by atoms with Crippen LogP contribution in [0, 0.1) is 5.92 Å². The lowest BCUT2D eigenvalue weighted by Crippen LogP contribution is -2.31. The number of halogens is 3. The average molecular weight is 560 g/mol. The number of fused-ring (bicyclic) bond motifs is 1. The van der Waals surface area contributed by atoms with Crippen molar-refractivity contribution in [2.45, 2.75) is 12.7 Å².